The molecule has 64 valence electrons. The molecule has 0 aromatic heterocycles. The van der Waals surface area contributed by atoms with Gasteiger partial charge in [0.2, 0.25) is 5.78 Å². The lowest BCUT2D eigenvalue weighted by Crippen LogP contribution is -2.11. The molecule has 0 radical (unpaired) electrons. The average molecular weight is 174 g/mol. The maximum atomic E-state index is 11.2. The van der Waals surface area contributed by atoms with E-state index in [2.05, 4.69) is 0 Å². The summed E-state index contributed by atoms with van der Waals surface area (Å²) in [5.74, 6) is 0.146. The zero-order chi connectivity index (χ0) is 9.68. The summed E-state index contributed by atoms with van der Waals surface area (Å²) >= 11 is 0. The summed E-state index contributed by atoms with van der Waals surface area (Å²) in [5.41, 5.74) is 0.273. The molecule has 1 aromatic carbocycles. The molecular weight excluding hydrogens is 168 g/mol. The Hall–Kier alpha value is -2.08. The first-order chi connectivity index (χ1) is 6.25. The number of ketones is 2. The zero-order valence-electron chi connectivity index (χ0n) is 6.65. The smallest absolute Gasteiger partial charge is 0.279 e. The van der Waals surface area contributed by atoms with Gasteiger partial charge in [0.25, 0.3) is 5.78 Å². The van der Waals surface area contributed by atoms with Crippen molar-refractivity contribution in [2.24, 2.45) is 0 Å². The van der Waals surface area contributed by atoms with E-state index < -0.39 is 11.6 Å². The lowest BCUT2D eigenvalue weighted by molar-refractivity contribution is -0.110. The molecule has 0 atom stereocenters. The first-order valence-electron chi connectivity index (χ1n) is 3.54. The number of carbonyl (C=O) groups is 2. The lowest BCUT2D eigenvalue weighted by atomic mass is 10.1. The van der Waals surface area contributed by atoms with Crippen LogP contribution in [0.15, 0.2) is 30.3 Å². The summed E-state index contributed by atoms with van der Waals surface area (Å²) in [4.78, 5) is 22.0. The molecule has 0 heterocycles. The Kier molecular flexibility index (Phi) is 2.82. The molecule has 3 nitrogen and oxygen atoms in total. The van der Waals surface area contributed by atoms with Crippen LogP contribution in [0.25, 0.3) is 0 Å². The second kappa shape index (κ2) is 4.07. The molecule has 0 aliphatic rings. The molecule has 0 saturated heterocycles. The molecule has 1 aromatic rings. The van der Waals surface area contributed by atoms with Crippen molar-refractivity contribution < 1.29 is 14.7 Å². The van der Waals surface area contributed by atoms with E-state index in [-0.39, 0.29) is 5.56 Å². The predicted octanol–water partition coefficient (Wildman–Crippen LogP) is 0.772. The van der Waals surface area contributed by atoms with E-state index in [1.807, 2.05) is 0 Å². The molecule has 0 saturated carbocycles. The van der Waals surface area contributed by atoms with Gasteiger partial charge in [0.15, 0.2) is 0 Å². The third-order valence-corrected chi connectivity index (χ3v) is 1.41. The van der Waals surface area contributed by atoms with Crippen LogP contribution < -0.4 is 0 Å². The van der Waals surface area contributed by atoms with Crippen LogP contribution in [0.1, 0.15) is 10.4 Å². The number of Topliss-reactive ketones (excluding diaryl/α,β-unsaturated/α-hetero) is 2. The highest BCUT2D eigenvalue weighted by Gasteiger charge is 2.12. The van der Waals surface area contributed by atoms with E-state index in [1.165, 1.54) is 18.2 Å². The molecule has 0 unspecified atom stereocenters. The van der Waals surface area contributed by atoms with Crippen molar-refractivity contribution >= 4 is 11.6 Å². The van der Waals surface area contributed by atoms with Crippen LogP contribution in [-0.2, 0) is 4.79 Å². The van der Waals surface area contributed by atoms with Crippen LogP contribution >= 0.6 is 0 Å². The van der Waals surface area contributed by atoms with Crippen molar-refractivity contribution in [3.8, 4) is 12.0 Å². The fourth-order valence-electron chi connectivity index (χ4n) is 0.828. The minimum Gasteiger partial charge on any atom is -0.462 e. The second-order valence-electron chi connectivity index (χ2n) is 2.26. The Morgan fingerprint density at radius 3 is 2.31 bits per heavy atom. The van der Waals surface area contributed by atoms with Gasteiger partial charge in [-0.3, -0.25) is 9.59 Å². The first-order valence-corrected chi connectivity index (χ1v) is 3.54. The van der Waals surface area contributed by atoms with Crippen LogP contribution in [0.3, 0.4) is 0 Å². The van der Waals surface area contributed by atoms with Crippen molar-refractivity contribution in [2.45, 2.75) is 0 Å². The quantitative estimate of drug-likeness (QED) is 0.409. The highest BCUT2D eigenvalue weighted by atomic mass is 16.2. The normalized spacial score (nSPS) is 8.31. The SMILES string of the molecule is O=C(C#CO)C(=O)c1ccccc1. The number of carbonyl (C=O) groups excluding carboxylic acids is 2. The van der Waals surface area contributed by atoms with Gasteiger partial charge >= 0.3 is 0 Å². The standard InChI is InChI=1S/C10H6O3/c11-7-6-9(12)10(13)8-4-2-1-3-5-8/h1-5,11H. The van der Waals surface area contributed by atoms with Crippen LogP contribution in [-0.4, -0.2) is 16.7 Å². The highest BCUT2D eigenvalue weighted by Crippen LogP contribution is 1.99. The number of hydrogen-bond acceptors (Lipinski definition) is 3. The van der Waals surface area contributed by atoms with E-state index in [0.717, 1.165) is 0 Å². The van der Waals surface area contributed by atoms with Gasteiger partial charge in [0.05, 0.1) is 0 Å². The van der Waals surface area contributed by atoms with Gasteiger partial charge in [0.1, 0.15) is 6.11 Å². The summed E-state index contributed by atoms with van der Waals surface area (Å²) < 4.78 is 0. The van der Waals surface area contributed by atoms with Crippen molar-refractivity contribution in [1.82, 2.24) is 0 Å². The van der Waals surface area contributed by atoms with Gasteiger partial charge in [-0.2, -0.15) is 0 Å². The zero-order valence-corrected chi connectivity index (χ0v) is 6.65. The molecule has 0 amide bonds. The van der Waals surface area contributed by atoms with Gasteiger partial charge in [-0.15, -0.1) is 0 Å². The minimum absolute atomic E-state index is 0.273. The third kappa shape index (κ3) is 2.17. The predicted molar refractivity (Wildman–Crippen MR) is 45.5 cm³/mol. The Bertz CT molecular complexity index is 382. The first kappa shape index (κ1) is 9.01. The van der Waals surface area contributed by atoms with E-state index >= 15 is 0 Å². The van der Waals surface area contributed by atoms with E-state index in [1.54, 1.807) is 24.1 Å². The van der Waals surface area contributed by atoms with E-state index in [9.17, 15) is 9.59 Å². The molecule has 3 heteroatoms. The van der Waals surface area contributed by atoms with Crippen molar-refractivity contribution in [3.63, 3.8) is 0 Å². The summed E-state index contributed by atoms with van der Waals surface area (Å²) in [7, 11) is 0. The number of benzene rings is 1. The molecular formula is C10H6O3. The Morgan fingerprint density at radius 1 is 1.15 bits per heavy atom. The number of hydrogen-bond donors (Lipinski definition) is 1. The minimum atomic E-state index is -0.909. The molecule has 1 N–H and O–H groups in total. The van der Waals surface area contributed by atoms with E-state index in [0.29, 0.717) is 0 Å². The third-order valence-electron chi connectivity index (χ3n) is 1.41. The van der Waals surface area contributed by atoms with Gasteiger partial charge < -0.3 is 5.11 Å². The van der Waals surface area contributed by atoms with Gasteiger partial charge in [-0.25, -0.2) is 0 Å². The second-order valence-corrected chi connectivity index (χ2v) is 2.26. The molecule has 0 bridgehead atoms. The summed E-state index contributed by atoms with van der Waals surface area (Å²) in [6.45, 7) is 0. The number of aliphatic hydroxyl groups excluding tert-OH is 1. The maximum Gasteiger partial charge on any atom is 0.279 e. The molecule has 0 spiro atoms. The Balaban J connectivity index is 2.91. The molecule has 13 heavy (non-hydrogen) atoms. The largest absolute Gasteiger partial charge is 0.462 e. The monoisotopic (exact) mass is 174 g/mol. The molecule has 0 aliphatic carbocycles. The van der Waals surface area contributed by atoms with Crippen molar-refractivity contribution in [2.75, 3.05) is 0 Å². The summed E-state index contributed by atoms with van der Waals surface area (Å²) in [5, 5.41) is 8.10. The molecule has 0 aliphatic heterocycles. The van der Waals surface area contributed by atoms with Gasteiger partial charge in [-0.05, 0) is 0 Å². The fraction of sp³-hybridized carbons (Fsp3) is 0. The Labute approximate surface area is 75.0 Å². The lowest BCUT2D eigenvalue weighted by Gasteiger charge is -1.92. The van der Waals surface area contributed by atoms with Crippen LogP contribution in [0, 0.1) is 12.0 Å². The average Bonchev–Trinajstić information content (AvgIpc) is 2.18. The number of aliphatic hydroxyl groups is 1. The van der Waals surface area contributed by atoms with Crippen molar-refractivity contribution in [3.05, 3.63) is 35.9 Å². The number of rotatable bonds is 2. The Morgan fingerprint density at radius 2 is 1.77 bits per heavy atom. The molecule has 1 rings (SSSR count). The fourth-order valence-corrected chi connectivity index (χ4v) is 0.828. The van der Waals surface area contributed by atoms with Gasteiger partial charge in [0, 0.05) is 11.5 Å². The summed E-state index contributed by atoms with van der Waals surface area (Å²) in [6, 6.07) is 8.05. The van der Waals surface area contributed by atoms with Crippen LogP contribution in [0.4, 0.5) is 0 Å². The summed E-state index contributed by atoms with van der Waals surface area (Å²) in [6.07, 6.45) is 1.40. The van der Waals surface area contributed by atoms with E-state index in [4.69, 9.17) is 5.11 Å². The van der Waals surface area contributed by atoms with Crippen molar-refractivity contribution in [1.29, 1.82) is 0 Å². The van der Waals surface area contributed by atoms with Crippen LogP contribution in [0.2, 0.25) is 0 Å². The highest BCUT2D eigenvalue weighted by molar-refractivity contribution is 6.49. The maximum absolute atomic E-state index is 11.2. The topological polar surface area (TPSA) is 54.4 Å². The van der Waals surface area contributed by atoms with Gasteiger partial charge in [-0.1, -0.05) is 30.3 Å². The molecule has 0 fully saturated rings. The van der Waals surface area contributed by atoms with Crippen LogP contribution in [0.5, 0.6) is 0 Å².